The molecule has 0 spiro atoms. The number of carbonyl (C=O) groups excluding carboxylic acids is 3. The fourth-order valence-corrected chi connectivity index (χ4v) is 3.96. The Kier molecular flexibility index (Phi) is 9.61. The van der Waals surface area contributed by atoms with Crippen LogP contribution >= 0.6 is 12.2 Å². The lowest BCUT2D eigenvalue weighted by Gasteiger charge is -2.24. The summed E-state index contributed by atoms with van der Waals surface area (Å²) in [7, 11) is 4.83. The highest BCUT2D eigenvalue weighted by Crippen LogP contribution is 2.28. The van der Waals surface area contributed by atoms with Gasteiger partial charge in [0.05, 0.1) is 38.1 Å². The number of carbonyl (C=O) groups is 3. The van der Waals surface area contributed by atoms with Gasteiger partial charge < -0.3 is 19.7 Å². The molecule has 0 saturated carbocycles. The minimum Gasteiger partial charge on any atom is -0.474 e. The predicted molar refractivity (Wildman–Crippen MR) is 135 cm³/mol. The second-order valence-electron chi connectivity index (χ2n) is 8.49. The normalized spacial score (nSPS) is 18.1. The second-order valence-corrected chi connectivity index (χ2v) is 8.87. The monoisotopic (exact) mass is 525 g/mol. The van der Waals surface area contributed by atoms with Crippen molar-refractivity contribution in [1.82, 2.24) is 26.2 Å². The molecule has 1 aromatic rings. The first-order valence-corrected chi connectivity index (χ1v) is 11.9. The summed E-state index contributed by atoms with van der Waals surface area (Å²) in [5, 5.41) is 6.03. The Labute approximate surface area is 214 Å². The number of nitrogens with one attached hydrogen (secondary N) is 3. The molecule has 2 heterocycles. The van der Waals surface area contributed by atoms with Gasteiger partial charge in [0.2, 0.25) is 11.8 Å². The van der Waals surface area contributed by atoms with Gasteiger partial charge in [-0.15, -0.1) is 0 Å². The van der Waals surface area contributed by atoms with Crippen LogP contribution < -0.4 is 26.0 Å². The molecule has 1 atom stereocenters. The van der Waals surface area contributed by atoms with Gasteiger partial charge in [-0.25, -0.2) is 19.6 Å². The number of anilines is 2. The molecule has 2 fully saturated rings. The van der Waals surface area contributed by atoms with Gasteiger partial charge in [-0.3, -0.25) is 24.9 Å². The molecule has 0 aromatic heterocycles. The summed E-state index contributed by atoms with van der Waals surface area (Å²) in [5.74, 6) is -0.929. The summed E-state index contributed by atoms with van der Waals surface area (Å²) < 4.78 is 25.3. The van der Waals surface area contributed by atoms with E-state index in [0.29, 0.717) is 37.6 Å². The lowest BCUT2D eigenvalue weighted by Crippen LogP contribution is -2.44. The second kappa shape index (κ2) is 12.6. The minimum absolute atomic E-state index is 0.0649. The average Bonchev–Trinajstić information content (AvgIpc) is 3.04. The number of nitrogens with zero attached hydrogens (tertiary/aromatic N) is 4. The molecule has 2 aliphatic rings. The molecule has 198 valence electrons. The Balaban J connectivity index is 1.55. The molecule has 2 saturated heterocycles. The highest BCUT2D eigenvalue weighted by molar-refractivity contribution is 7.80. The number of rotatable bonds is 8. The summed E-state index contributed by atoms with van der Waals surface area (Å²) in [6.07, 6.45) is -0.883. The van der Waals surface area contributed by atoms with Crippen LogP contribution in [0.4, 0.5) is 20.6 Å². The van der Waals surface area contributed by atoms with Crippen molar-refractivity contribution in [3.8, 4) is 0 Å². The number of hydrogen-bond acceptors (Lipinski definition) is 9. The molecule has 0 unspecified atom stereocenters. The van der Waals surface area contributed by atoms with E-state index < -0.39 is 18.0 Å². The van der Waals surface area contributed by atoms with Gasteiger partial charge in [-0.1, -0.05) is 0 Å². The third-order valence-electron chi connectivity index (χ3n) is 5.61. The molecule has 0 bridgehead atoms. The van der Waals surface area contributed by atoms with Gasteiger partial charge in [-0.05, 0) is 30.4 Å². The predicted octanol–water partition coefficient (Wildman–Crippen LogP) is 0.198. The maximum atomic E-state index is 15.1. The molecule has 3 rings (SSSR count). The minimum atomic E-state index is -0.565. The summed E-state index contributed by atoms with van der Waals surface area (Å²) in [6, 6.07) is 4.59. The van der Waals surface area contributed by atoms with Crippen molar-refractivity contribution in [2.45, 2.75) is 18.9 Å². The van der Waals surface area contributed by atoms with Crippen LogP contribution in [-0.4, -0.2) is 99.7 Å². The molecule has 3 N–H and O–H groups in total. The fraction of sp³-hybridized carbons (Fsp3) is 0.545. The van der Waals surface area contributed by atoms with E-state index in [-0.39, 0.29) is 42.9 Å². The van der Waals surface area contributed by atoms with E-state index in [2.05, 4.69) is 16.2 Å². The van der Waals surface area contributed by atoms with Gasteiger partial charge in [-0.2, -0.15) is 0 Å². The molecular weight excluding hydrogens is 493 g/mol. The van der Waals surface area contributed by atoms with Crippen molar-refractivity contribution in [2.24, 2.45) is 0 Å². The lowest BCUT2D eigenvalue weighted by molar-refractivity contribution is -0.136. The van der Waals surface area contributed by atoms with Crippen molar-refractivity contribution in [3.05, 3.63) is 24.0 Å². The summed E-state index contributed by atoms with van der Waals surface area (Å²) in [6.45, 7) is 2.15. The van der Waals surface area contributed by atoms with Crippen LogP contribution in [0.3, 0.4) is 0 Å². The highest BCUT2D eigenvalue weighted by atomic mass is 32.1. The van der Waals surface area contributed by atoms with Gasteiger partial charge in [0.15, 0.2) is 0 Å². The standard InChI is InChI=1S/C22H32FN7O5S/c1-27(2)26-19(31)6-7-20(32)30-11-10-28(9-8-25-30)18-5-4-15(12-17(18)23)29-14-16(35-22(29)33)13-24-21(36)34-3/h4-5,12,16,25H,6-11,13-14H2,1-3H3,(H,24,36)(H,26,31)/t16-/m0/s1. The average molecular weight is 526 g/mol. The zero-order valence-electron chi connectivity index (χ0n) is 20.6. The number of cyclic esters (lactones) is 1. The van der Waals surface area contributed by atoms with Crippen molar-refractivity contribution >= 4 is 46.7 Å². The molecule has 3 amide bonds. The molecule has 0 radical (unpaired) electrons. The fourth-order valence-electron chi connectivity index (χ4n) is 3.87. The van der Waals surface area contributed by atoms with E-state index in [1.165, 1.54) is 28.1 Å². The molecule has 0 aliphatic carbocycles. The maximum Gasteiger partial charge on any atom is 0.414 e. The molecule has 12 nitrogen and oxygen atoms in total. The Morgan fingerprint density at radius 3 is 2.75 bits per heavy atom. The number of hydrogen-bond donors (Lipinski definition) is 3. The van der Waals surface area contributed by atoms with Crippen LogP contribution in [0.15, 0.2) is 18.2 Å². The van der Waals surface area contributed by atoms with Gasteiger partial charge >= 0.3 is 6.09 Å². The largest absolute Gasteiger partial charge is 0.474 e. The number of benzene rings is 1. The van der Waals surface area contributed by atoms with E-state index >= 15 is 4.39 Å². The maximum absolute atomic E-state index is 15.1. The molecule has 36 heavy (non-hydrogen) atoms. The number of ether oxygens (including phenoxy) is 2. The van der Waals surface area contributed by atoms with Crippen LogP contribution in [0.1, 0.15) is 12.8 Å². The molecule has 2 aliphatic heterocycles. The Bertz CT molecular complexity index is 982. The third-order valence-corrected chi connectivity index (χ3v) is 5.92. The van der Waals surface area contributed by atoms with Crippen molar-refractivity contribution in [2.75, 3.05) is 70.3 Å². The van der Waals surface area contributed by atoms with Crippen LogP contribution in [0.2, 0.25) is 0 Å². The van der Waals surface area contributed by atoms with Crippen LogP contribution in [0, 0.1) is 5.82 Å². The molecule has 14 heteroatoms. The summed E-state index contributed by atoms with van der Waals surface area (Å²) in [5.41, 5.74) is 6.40. The molecule has 1 aromatic carbocycles. The highest BCUT2D eigenvalue weighted by Gasteiger charge is 2.33. The first-order chi connectivity index (χ1) is 17.2. The SMILES string of the molecule is COC(=S)NC[C@H]1CN(c2ccc(N3CCNN(C(=O)CCC(=O)NN(C)C)CC3)c(F)c2)C(=O)O1. The first kappa shape index (κ1) is 27.4. The van der Waals surface area contributed by atoms with Gasteiger partial charge in [0.25, 0.3) is 5.17 Å². The first-order valence-electron chi connectivity index (χ1n) is 11.5. The van der Waals surface area contributed by atoms with E-state index in [9.17, 15) is 14.4 Å². The number of amides is 3. The van der Waals surface area contributed by atoms with E-state index in [1.807, 2.05) is 4.90 Å². The van der Waals surface area contributed by atoms with Crippen molar-refractivity contribution in [1.29, 1.82) is 0 Å². The third kappa shape index (κ3) is 7.38. The number of thiocarbonyl (C=S) groups is 1. The van der Waals surface area contributed by atoms with Crippen LogP contribution in [0.5, 0.6) is 0 Å². The van der Waals surface area contributed by atoms with Crippen LogP contribution in [0.25, 0.3) is 0 Å². The Morgan fingerprint density at radius 2 is 2.06 bits per heavy atom. The zero-order chi connectivity index (χ0) is 26.2. The number of halogens is 1. The zero-order valence-corrected chi connectivity index (χ0v) is 21.4. The van der Waals surface area contributed by atoms with E-state index in [4.69, 9.17) is 21.7 Å². The van der Waals surface area contributed by atoms with Crippen molar-refractivity contribution < 1.29 is 28.2 Å². The van der Waals surface area contributed by atoms with Crippen LogP contribution in [-0.2, 0) is 19.1 Å². The summed E-state index contributed by atoms with van der Waals surface area (Å²) in [4.78, 5) is 39.8. The smallest absolute Gasteiger partial charge is 0.414 e. The number of methoxy groups -OCH3 is 1. The number of hydrazine groups is 2. The lowest BCUT2D eigenvalue weighted by atomic mass is 10.2. The summed E-state index contributed by atoms with van der Waals surface area (Å²) >= 11 is 4.92. The quantitative estimate of drug-likeness (QED) is 0.321. The van der Waals surface area contributed by atoms with Gasteiger partial charge in [0, 0.05) is 46.6 Å². The molecular formula is C22H32FN7O5S. The van der Waals surface area contributed by atoms with Crippen molar-refractivity contribution in [3.63, 3.8) is 0 Å². The Morgan fingerprint density at radius 1 is 1.28 bits per heavy atom. The van der Waals surface area contributed by atoms with E-state index in [1.54, 1.807) is 26.2 Å². The van der Waals surface area contributed by atoms with E-state index in [0.717, 1.165) is 0 Å². The van der Waals surface area contributed by atoms with Gasteiger partial charge in [0.1, 0.15) is 11.9 Å². The Hall–Kier alpha value is -3.23. The topological polar surface area (TPSA) is 119 Å².